The van der Waals surface area contributed by atoms with Crippen molar-refractivity contribution < 1.29 is 14.3 Å². The number of benzene rings is 1. The van der Waals surface area contributed by atoms with Gasteiger partial charge in [-0.3, -0.25) is 4.57 Å². The summed E-state index contributed by atoms with van der Waals surface area (Å²) in [5.74, 6) is 0.646. The number of H-pyrrole nitrogens is 1. The maximum Gasteiger partial charge on any atom is 0.419 e. The first kappa shape index (κ1) is 21.4. The Labute approximate surface area is 187 Å². The van der Waals surface area contributed by atoms with Crippen molar-refractivity contribution in [3.8, 4) is 0 Å². The van der Waals surface area contributed by atoms with Crippen molar-refractivity contribution in [2.24, 2.45) is 4.99 Å². The molecule has 0 bridgehead atoms. The van der Waals surface area contributed by atoms with Gasteiger partial charge in [-0.2, -0.15) is 0 Å². The summed E-state index contributed by atoms with van der Waals surface area (Å²) < 4.78 is 13.1. The van der Waals surface area contributed by atoms with E-state index >= 15 is 0 Å². The molecule has 0 fully saturated rings. The van der Waals surface area contributed by atoms with Gasteiger partial charge in [0.25, 0.3) is 0 Å². The van der Waals surface area contributed by atoms with Crippen LogP contribution in [0.15, 0.2) is 83.3 Å². The van der Waals surface area contributed by atoms with E-state index < -0.39 is 11.7 Å². The van der Waals surface area contributed by atoms with Crippen LogP contribution < -0.4 is 0 Å². The van der Waals surface area contributed by atoms with E-state index in [0.29, 0.717) is 29.5 Å². The molecule has 6 heteroatoms. The molecule has 0 unspecified atom stereocenters. The van der Waals surface area contributed by atoms with E-state index in [-0.39, 0.29) is 0 Å². The van der Waals surface area contributed by atoms with E-state index in [1.54, 1.807) is 12.3 Å². The summed E-state index contributed by atoms with van der Waals surface area (Å²) in [5.41, 5.74) is 4.44. The van der Waals surface area contributed by atoms with E-state index in [4.69, 9.17) is 14.5 Å². The summed E-state index contributed by atoms with van der Waals surface area (Å²) in [4.78, 5) is 20.8. The van der Waals surface area contributed by atoms with Gasteiger partial charge in [-0.25, -0.2) is 9.79 Å². The van der Waals surface area contributed by atoms with Crippen LogP contribution in [0.1, 0.15) is 43.4 Å². The molecule has 0 atom stereocenters. The minimum atomic E-state index is -0.591. The predicted octanol–water partition coefficient (Wildman–Crippen LogP) is 5.85. The Morgan fingerprint density at radius 3 is 2.56 bits per heavy atom. The number of aryl methyl sites for hydroxylation is 1. The minimum absolute atomic E-state index is 0.420. The number of carbonyl (C=O) groups excluding carboxylic acids is 1. The Morgan fingerprint density at radius 1 is 1.09 bits per heavy atom. The first-order valence-corrected chi connectivity index (χ1v) is 10.5. The fourth-order valence-electron chi connectivity index (χ4n) is 3.32. The maximum absolute atomic E-state index is 12.7. The van der Waals surface area contributed by atoms with E-state index in [9.17, 15) is 4.79 Å². The number of nitrogens with one attached hydrogen (secondary N) is 1. The summed E-state index contributed by atoms with van der Waals surface area (Å²) in [7, 11) is 0. The lowest BCUT2D eigenvalue weighted by Crippen LogP contribution is -2.28. The lowest BCUT2D eigenvalue weighted by Gasteiger charge is -2.20. The Morgan fingerprint density at radius 2 is 1.88 bits per heavy atom. The molecule has 1 aromatic carbocycles. The normalized spacial score (nSPS) is 14.9. The zero-order valence-corrected chi connectivity index (χ0v) is 18.8. The van der Waals surface area contributed by atoms with Crippen LogP contribution in [0.25, 0.3) is 6.08 Å². The first-order chi connectivity index (χ1) is 15.3. The molecule has 164 valence electrons. The lowest BCUT2D eigenvalue weighted by atomic mass is 10.2. The van der Waals surface area contributed by atoms with Gasteiger partial charge in [-0.05, 0) is 63.6 Å². The molecule has 0 aliphatic carbocycles. The van der Waals surface area contributed by atoms with Gasteiger partial charge in [-0.15, -0.1) is 0 Å². The highest BCUT2D eigenvalue weighted by Crippen LogP contribution is 2.27. The number of rotatable bonds is 5. The molecule has 0 saturated heterocycles. The smallest absolute Gasteiger partial charge is 0.419 e. The third-order valence-electron chi connectivity index (χ3n) is 4.75. The second-order valence-electron chi connectivity index (χ2n) is 8.65. The molecule has 0 spiro atoms. The predicted molar refractivity (Wildman–Crippen MR) is 125 cm³/mol. The SMILES string of the molecule is Cc1ccc(/C=C2/N=C(c3cccn3C(=O)OC(C)(C)C)C=C2OCc2ccccc2)[nH]1. The topological polar surface area (TPSA) is 68.6 Å². The Balaban J connectivity index is 1.65. The molecule has 3 aromatic rings. The molecule has 2 aromatic heterocycles. The molecule has 0 radical (unpaired) electrons. The molecular formula is C26H27N3O3. The average molecular weight is 430 g/mol. The standard InChI is InChI=1S/C26H27N3O3/c1-18-12-13-20(27-18)15-22-24(31-17-19-9-6-5-7-10-19)16-21(28-22)23-11-8-14-29(23)25(30)32-26(2,3)4/h5-16,27H,17H2,1-4H3/b22-15+. The molecule has 1 aliphatic heterocycles. The summed E-state index contributed by atoms with van der Waals surface area (Å²) >= 11 is 0. The number of hydrogen-bond acceptors (Lipinski definition) is 4. The number of aliphatic imine (C=N–C) groups is 1. The zero-order valence-electron chi connectivity index (χ0n) is 18.8. The molecule has 3 heterocycles. The third-order valence-corrected chi connectivity index (χ3v) is 4.75. The van der Waals surface area contributed by atoms with E-state index in [1.165, 1.54) is 4.57 Å². The van der Waals surface area contributed by atoms with E-state index in [2.05, 4.69) is 4.98 Å². The van der Waals surface area contributed by atoms with Crippen molar-refractivity contribution >= 4 is 17.9 Å². The second kappa shape index (κ2) is 8.75. The van der Waals surface area contributed by atoms with Gasteiger partial charge in [0.1, 0.15) is 23.7 Å². The zero-order chi connectivity index (χ0) is 22.7. The second-order valence-corrected chi connectivity index (χ2v) is 8.65. The van der Waals surface area contributed by atoms with Crippen LogP contribution >= 0.6 is 0 Å². The maximum atomic E-state index is 12.7. The Bertz CT molecular complexity index is 1200. The van der Waals surface area contributed by atoms with Crippen LogP contribution in [0.2, 0.25) is 0 Å². The highest BCUT2D eigenvalue weighted by atomic mass is 16.6. The monoisotopic (exact) mass is 429 g/mol. The van der Waals surface area contributed by atoms with Crippen molar-refractivity contribution in [2.45, 2.75) is 39.9 Å². The highest BCUT2D eigenvalue weighted by Gasteiger charge is 2.24. The highest BCUT2D eigenvalue weighted by molar-refractivity contribution is 6.12. The summed E-state index contributed by atoms with van der Waals surface area (Å²) in [6, 6.07) is 17.6. The van der Waals surface area contributed by atoms with Crippen LogP contribution in [-0.2, 0) is 16.1 Å². The summed E-state index contributed by atoms with van der Waals surface area (Å²) in [6.07, 6.45) is 5.04. The van der Waals surface area contributed by atoms with Crippen LogP contribution in [0.5, 0.6) is 0 Å². The Kier molecular flexibility index (Phi) is 5.86. The van der Waals surface area contributed by atoms with Crippen molar-refractivity contribution in [2.75, 3.05) is 0 Å². The Hall–Kier alpha value is -3.80. The van der Waals surface area contributed by atoms with Crippen molar-refractivity contribution in [3.05, 3.63) is 101 Å². The van der Waals surface area contributed by atoms with Crippen molar-refractivity contribution in [1.29, 1.82) is 0 Å². The molecule has 4 rings (SSSR count). The lowest BCUT2D eigenvalue weighted by molar-refractivity contribution is 0.0536. The fraction of sp³-hybridized carbons (Fsp3) is 0.231. The van der Waals surface area contributed by atoms with Crippen LogP contribution in [0.3, 0.4) is 0 Å². The van der Waals surface area contributed by atoms with Crippen LogP contribution in [-0.4, -0.2) is 27.0 Å². The van der Waals surface area contributed by atoms with Gasteiger partial charge in [0.2, 0.25) is 0 Å². The molecule has 1 aliphatic rings. The molecular weight excluding hydrogens is 402 g/mol. The average Bonchev–Trinajstić information content (AvgIpc) is 3.46. The number of carbonyl (C=O) groups is 1. The minimum Gasteiger partial charge on any atom is -0.487 e. The van der Waals surface area contributed by atoms with Gasteiger partial charge >= 0.3 is 6.09 Å². The van der Waals surface area contributed by atoms with Crippen molar-refractivity contribution in [3.63, 3.8) is 0 Å². The number of hydrogen-bond donors (Lipinski definition) is 1. The van der Waals surface area contributed by atoms with E-state index in [1.807, 2.05) is 88.4 Å². The molecule has 0 saturated carbocycles. The van der Waals surface area contributed by atoms with Crippen LogP contribution in [0, 0.1) is 6.92 Å². The quantitative estimate of drug-likeness (QED) is 0.553. The van der Waals surface area contributed by atoms with Crippen molar-refractivity contribution in [1.82, 2.24) is 9.55 Å². The summed E-state index contributed by atoms with van der Waals surface area (Å²) in [6.45, 7) is 7.95. The first-order valence-electron chi connectivity index (χ1n) is 10.5. The number of aromatic nitrogens is 2. The largest absolute Gasteiger partial charge is 0.487 e. The molecule has 6 nitrogen and oxygen atoms in total. The number of aromatic amines is 1. The van der Waals surface area contributed by atoms with Gasteiger partial charge in [0.05, 0.1) is 11.4 Å². The summed E-state index contributed by atoms with van der Waals surface area (Å²) in [5, 5.41) is 0. The number of nitrogens with zero attached hydrogens (tertiary/aromatic N) is 2. The molecule has 1 N–H and O–H groups in total. The van der Waals surface area contributed by atoms with Gasteiger partial charge in [-0.1, -0.05) is 30.3 Å². The fourth-order valence-corrected chi connectivity index (χ4v) is 3.32. The molecule has 0 amide bonds. The van der Waals surface area contributed by atoms with Gasteiger partial charge in [0.15, 0.2) is 0 Å². The van der Waals surface area contributed by atoms with E-state index in [0.717, 1.165) is 17.0 Å². The van der Waals surface area contributed by atoms with Crippen LogP contribution in [0.4, 0.5) is 4.79 Å². The number of allylic oxidation sites excluding steroid dienone is 1. The van der Waals surface area contributed by atoms with Gasteiger partial charge in [0, 0.05) is 23.7 Å². The molecule has 32 heavy (non-hydrogen) atoms. The third kappa shape index (κ3) is 5.09. The van der Waals surface area contributed by atoms with Gasteiger partial charge < -0.3 is 14.5 Å². The number of ether oxygens (including phenoxy) is 2.